The normalized spacial score (nSPS) is 18.8. The third kappa shape index (κ3) is 3.09. The number of nitrogens with zero attached hydrogens (tertiary/aromatic N) is 1. The second-order valence-electron chi connectivity index (χ2n) is 5.43. The summed E-state index contributed by atoms with van der Waals surface area (Å²) in [5, 5.41) is 14.5. The van der Waals surface area contributed by atoms with E-state index in [4.69, 9.17) is 4.74 Å². The molecule has 0 saturated carbocycles. The highest BCUT2D eigenvalue weighted by molar-refractivity contribution is 5.46. The number of nitro groups is 1. The van der Waals surface area contributed by atoms with Crippen LogP contribution < -0.4 is 10.1 Å². The van der Waals surface area contributed by atoms with E-state index >= 15 is 0 Å². The van der Waals surface area contributed by atoms with Crippen LogP contribution in [0, 0.1) is 16.0 Å². The molecule has 1 heterocycles. The Hall–Kier alpha value is -2.40. The Kier molecular flexibility index (Phi) is 4.34. The topological polar surface area (TPSA) is 64.4 Å². The summed E-state index contributed by atoms with van der Waals surface area (Å²) in [7, 11) is 0. The molecule has 2 aromatic carbocycles. The first-order valence-corrected chi connectivity index (χ1v) is 7.41. The number of hydrogen-bond donors (Lipinski definition) is 1. The molecule has 2 aromatic rings. The van der Waals surface area contributed by atoms with Gasteiger partial charge in [-0.25, -0.2) is 0 Å². The van der Waals surface area contributed by atoms with E-state index in [2.05, 4.69) is 5.32 Å². The number of benzene rings is 2. The Morgan fingerprint density at radius 1 is 1.14 bits per heavy atom. The molecule has 1 aliphatic rings. The minimum atomic E-state index is -0.399. The Bertz CT molecular complexity index is 639. The molecule has 22 heavy (non-hydrogen) atoms. The van der Waals surface area contributed by atoms with Gasteiger partial charge in [0.15, 0.2) is 5.75 Å². The quantitative estimate of drug-likeness (QED) is 0.679. The van der Waals surface area contributed by atoms with Crippen molar-refractivity contribution in [2.75, 3.05) is 13.1 Å². The lowest BCUT2D eigenvalue weighted by atomic mass is 9.95. The van der Waals surface area contributed by atoms with E-state index in [0.29, 0.717) is 11.7 Å². The summed E-state index contributed by atoms with van der Waals surface area (Å²) in [6.45, 7) is 1.81. The van der Waals surface area contributed by atoms with Crippen molar-refractivity contribution in [1.29, 1.82) is 0 Å². The van der Waals surface area contributed by atoms with Crippen molar-refractivity contribution in [1.82, 2.24) is 5.32 Å². The number of rotatable bonds is 5. The smallest absolute Gasteiger partial charge is 0.310 e. The molecule has 0 bridgehead atoms. The number of para-hydroxylation sites is 2. The minimum absolute atomic E-state index is 0.00869. The summed E-state index contributed by atoms with van der Waals surface area (Å²) in [6.07, 6.45) is 0.817. The fourth-order valence-electron chi connectivity index (χ4n) is 2.86. The molecule has 0 aromatic heterocycles. The number of nitrogens with one attached hydrogen (secondary N) is 1. The maximum Gasteiger partial charge on any atom is 0.310 e. The van der Waals surface area contributed by atoms with Crippen molar-refractivity contribution in [3.8, 4) is 5.75 Å². The molecule has 2 atom stereocenters. The molecule has 1 fully saturated rings. The highest BCUT2D eigenvalue weighted by Crippen LogP contribution is 2.35. The van der Waals surface area contributed by atoms with Gasteiger partial charge < -0.3 is 10.1 Å². The van der Waals surface area contributed by atoms with Gasteiger partial charge in [-0.2, -0.15) is 0 Å². The van der Waals surface area contributed by atoms with Crippen LogP contribution in [-0.4, -0.2) is 18.0 Å². The van der Waals surface area contributed by atoms with Gasteiger partial charge in [-0.3, -0.25) is 10.1 Å². The second kappa shape index (κ2) is 6.58. The molecule has 1 saturated heterocycles. The average Bonchev–Trinajstić information content (AvgIpc) is 3.08. The predicted molar refractivity (Wildman–Crippen MR) is 83.9 cm³/mol. The Morgan fingerprint density at radius 3 is 2.55 bits per heavy atom. The highest BCUT2D eigenvalue weighted by Gasteiger charge is 2.29. The van der Waals surface area contributed by atoms with E-state index in [0.717, 1.165) is 25.1 Å². The summed E-state index contributed by atoms with van der Waals surface area (Å²) in [4.78, 5) is 10.8. The molecule has 5 nitrogen and oxygen atoms in total. The minimum Gasteiger partial charge on any atom is -0.478 e. The molecule has 3 rings (SSSR count). The van der Waals surface area contributed by atoms with Crippen LogP contribution >= 0.6 is 0 Å². The van der Waals surface area contributed by atoms with Gasteiger partial charge in [-0.1, -0.05) is 42.5 Å². The summed E-state index contributed by atoms with van der Waals surface area (Å²) in [5.74, 6) is 0.635. The van der Waals surface area contributed by atoms with Crippen molar-refractivity contribution in [3.63, 3.8) is 0 Å². The summed E-state index contributed by atoms with van der Waals surface area (Å²) in [5.41, 5.74) is 1.06. The van der Waals surface area contributed by atoms with E-state index in [1.54, 1.807) is 18.2 Å². The monoisotopic (exact) mass is 298 g/mol. The second-order valence-corrected chi connectivity index (χ2v) is 5.43. The van der Waals surface area contributed by atoms with Crippen LogP contribution in [0.5, 0.6) is 5.75 Å². The molecule has 0 unspecified atom stereocenters. The zero-order valence-electron chi connectivity index (χ0n) is 12.1. The summed E-state index contributed by atoms with van der Waals surface area (Å²) < 4.78 is 6.10. The van der Waals surface area contributed by atoms with E-state index in [9.17, 15) is 10.1 Å². The zero-order valence-corrected chi connectivity index (χ0v) is 12.1. The maximum absolute atomic E-state index is 11.2. The van der Waals surface area contributed by atoms with Crippen LogP contribution in [0.15, 0.2) is 54.6 Å². The zero-order chi connectivity index (χ0) is 15.4. The molecular weight excluding hydrogens is 280 g/mol. The van der Waals surface area contributed by atoms with Crippen molar-refractivity contribution in [3.05, 3.63) is 70.3 Å². The standard InChI is InChI=1S/C17H18N2O3/c20-19(21)15-8-4-5-9-16(15)22-17(14-10-11-18-12-14)13-6-2-1-3-7-13/h1-9,14,17-18H,10-12H2/t14-,17-/m1/s1. The highest BCUT2D eigenvalue weighted by atomic mass is 16.6. The molecular formula is C17H18N2O3. The average molecular weight is 298 g/mol. The van der Waals surface area contributed by atoms with Gasteiger partial charge in [0.1, 0.15) is 6.10 Å². The molecule has 0 radical (unpaired) electrons. The van der Waals surface area contributed by atoms with E-state index in [1.807, 2.05) is 30.3 Å². The van der Waals surface area contributed by atoms with Gasteiger partial charge in [-0.05, 0) is 24.6 Å². The van der Waals surface area contributed by atoms with Crippen LogP contribution in [0.1, 0.15) is 18.1 Å². The lowest BCUT2D eigenvalue weighted by molar-refractivity contribution is -0.386. The molecule has 5 heteroatoms. The van der Waals surface area contributed by atoms with Crippen molar-refractivity contribution in [2.24, 2.45) is 5.92 Å². The predicted octanol–water partition coefficient (Wildman–Crippen LogP) is 3.32. The van der Waals surface area contributed by atoms with Gasteiger partial charge in [0.25, 0.3) is 0 Å². The molecule has 114 valence electrons. The van der Waals surface area contributed by atoms with Crippen LogP contribution in [0.25, 0.3) is 0 Å². The number of ether oxygens (including phenoxy) is 1. The molecule has 1 aliphatic heterocycles. The van der Waals surface area contributed by atoms with E-state index in [-0.39, 0.29) is 11.8 Å². The maximum atomic E-state index is 11.2. The van der Waals surface area contributed by atoms with Crippen LogP contribution in [0.4, 0.5) is 5.69 Å². The fraction of sp³-hybridized carbons (Fsp3) is 0.294. The van der Waals surface area contributed by atoms with Gasteiger partial charge in [0.2, 0.25) is 0 Å². The largest absolute Gasteiger partial charge is 0.478 e. The number of nitro benzene ring substituents is 1. The third-order valence-electron chi connectivity index (χ3n) is 3.97. The van der Waals surface area contributed by atoms with Gasteiger partial charge in [-0.15, -0.1) is 0 Å². The van der Waals surface area contributed by atoms with E-state index < -0.39 is 4.92 Å². The Labute approximate surface area is 129 Å². The SMILES string of the molecule is O=[N+]([O-])c1ccccc1O[C@H](c1ccccc1)[C@@H]1CCNC1. The van der Waals surface area contributed by atoms with Gasteiger partial charge in [0.05, 0.1) is 4.92 Å². The Balaban J connectivity index is 1.92. The van der Waals surface area contributed by atoms with Gasteiger partial charge >= 0.3 is 5.69 Å². The fourth-order valence-corrected chi connectivity index (χ4v) is 2.86. The first-order chi connectivity index (χ1) is 10.8. The van der Waals surface area contributed by atoms with Crippen molar-refractivity contribution in [2.45, 2.75) is 12.5 Å². The van der Waals surface area contributed by atoms with Gasteiger partial charge in [0, 0.05) is 18.5 Å². The summed E-state index contributed by atoms with van der Waals surface area (Å²) in [6, 6.07) is 16.5. The van der Waals surface area contributed by atoms with Crippen molar-refractivity contribution >= 4 is 5.69 Å². The van der Waals surface area contributed by atoms with Crippen LogP contribution in [0.3, 0.4) is 0 Å². The first-order valence-electron chi connectivity index (χ1n) is 7.41. The lowest BCUT2D eigenvalue weighted by Crippen LogP contribution is -2.21. The first kappa shape index (κ1) is 14.5. The Morgan fingerprint density at radius 2 is 1.86 bits per heavy atom. The lowest BCUT2D eigenvalue weighted by Gasteiger charge is -2.24. The molecule has 0 aliphatic carbocycles. The third-order valence-corrected chi connectivity index (χ3v) is 3.97. The van der Waals surface area contributed by atoms with Crippen LogP contribution in [-0.2, 0) is 0 Å². The molecule has 0 spiro atoms. The van der Waals surface area contributed by atoms with E-state index in [1.165, 1.54) is 6.07 Å². The molecule has 0 amide bonds. The van der Waals surface area contributed by atoms with Crippen molar-refractivity contribution < 1.29 is 9.66 Å². The van der Waals surface area contributed by atoms with Crippen LogP contribution in [0.2, 0.25) is 0 Å². The summed E-state index contributed by atoms with van der Waals surface area (Å²) >= 11 is 0. The number of hydrogen-bond acceptors (Lipinski definition) is 4. The molecule has 1 N–H and O–H groups in total.